The molecule has 0 aromatic carbocycles. The molecule has 0 aliphatic heterocycles. The Hall–Kier alpha value is -1.89. The summed E-state index contributed by atoms with van der Waals surface area (Å²) in [6, 6.07) is -0.756. The topological polar surface area (TPSA) is 93.2 Å². The van der Waals surface area contributed by atoms with Gasteiger partial charge in [-0.15, -0.1) is 0 Å². The Morgan fingerprint density at radius 3 is 2.63 bits per heavy atom. The van der Waals surface area contributed by atoms with E-state index in [0.717, 1.165) is 0 Å². The van der Waals surface area contributed by atoms with Gasteiger partial charge in [0.15, 0.2) is 0 Å². The van der Waals surface area contributed by atoms with Crippen molar-refractivity contribution in [3.05, 3.63) is 18.0 Å². The van der Waals surface area contributed by atoms with Crippen molar-refractivity contribution in [2.24, 2.45) is 12.8 Å². The van der Waals surface area contributed by atoms with Crippen LogP contribution in [0.3, 0.4) is 0 Å². The third-order valence-corrected chi connectivity index (χ3v) is 2.56. The van der Waals surface area contributed by atoms with Crippen LogP contribution in [0.15, 0.2) is 12.4 Å². The molecular weight excluding hydrogens is 246 g/mol. The standard InChI is InChI=1S/C12H21N5O2/c1-8(2)15-10(18)7-16(3)12(19)11(13)9-5-14-17(4)6-9/h5-6,8,11H,7,13H2,1-4H3,(H,15,18). The lowest BCUT2D eigenvalue weighted by Crippen LogP contribution is -2.43. The number of likely N-dealkylation sites (N-methyl/N-ethyl adjacent to an activating group) is 1. The van der Waals surface area contributed by atoms with E-state index in [1.165, 1.54) is 4.90 Å². The molecule has 0 saturated heterocycles. The highest BCUT2D eigenvalue weighted by atomic mass is 16.2. The smallest absolute Gasteiger partial charge is 0.244 e. The van der Waals surface area contributed by atoms with Crippen molar-refractivity contribution in [1.82, 2.24) is 20.0 Å². The van der Waals surface area contributed by atoms with Gasteiger partial charge < -0.3 is 16.0 Å². The van der Waals surface area contributed by atoms with Gasteiger partial charge >= 0.3 is 0 Å². The summed E-state index contributed by atoms with van der Waals surface area (Å²) in [4.78, 5) is 24.9. The van der Waals surface area contributed by atoms with E-state index in [9.17, 15) is 9.59 Å². The number of nitrogens with two attached hydrogens (primary N) is 1. The average molecular weight is 267 g/mol. The highest BCUT2D eigenvalue weighted by molar-refractivity contribution is 5.87. The molecule has 0 aliphatic carbocycles. The molecule has 0 saturated carbocycles. The van der Waals surface area contributed by atoms with Crippen LogP contribution in [-0.4, -0.2) is 46.1 Å². The predicted molar refractivity (Wildman–Crippen MR) is 71.1 cm³/mol. The van der Waals surface area contributed by atoms with Crippen molar-refractivity contribution >= 4 is 11.8 Å². The maximum Gasteiger partial charge on any atom is 0.244 e. The summed E-state index contributed by atoms with van der Waals surface area (Å²) >= 11 is 0. The zero-order chi connectivity index (χ0) is 14.6. The summed E-state index contributed by atoms with van der Waals surface area (Å²) in [6.45, 7) is 3.72. The summed E-state index contributed by atoms with van der Waals surface area (Å²) in [6.07, 6.45) is 3.23. The molecule has 0 aliphatic rings. The van der Waals surface area contributed by atoms with E-state index in [1.54, 1.807) is 31.2 Å². The Bertz CT molecular complexity index is 455. The van der Waals surface area contributed by atoms with E-state index in [-0.39, 0.29) is 24.4 Å². The highest BCUT2D eigenvalue weighted by Gasteiger charge is 2.22. The van der Waals surface area contributed by atoms with Crippen molar-refractivity contribution < 1.29 is 9.59 Å². The third kappa shape index (κ3) is 4.36. The Kier molecular flexibility index (Phi) is 5.05. The molecule has 19 heavy (non-hydrogen) atoms. The molecule has 1 atom stereocenters. The molecule has 7 nitrogen and oxygen atoms in total. The fourth-order valence-electron chi connectivity index (χ4n) is 1.64. The largest absolute Gasteiger partial charge is 0.352 e. The fraction of sp³-hybridized carbons (Fsp3) is 0.583. The summed E-state index contributed by atoms with van der Waals surface area (Å²) in [5.74, 6) is -0.517. The van der Waals surface area contributed by atoms with Crippen LogP contribution in [0, 0.1) is 0 Å². The monoisotopic (exact) mass is 267 g/mol. The lowest BCUT2D eigenvalue weighted by Gasteiger charge is -2.20. The summed E-state index contributed by atoms with van der Waals surface area (Å²) in [7, 11) is 3.30. The molecule has 1 rings (SSSR count). The van der Waals surface area contributed by atoms with Crippen LogP contribution in [0.1, 0.15) is 25.5 Å². The summed E-state index contributed by atoms with van der Waals surface area (Å²) < 4.78 is 1.58. The minimum atomic E-state index is -0.800. The Morgan fingerprint density at radius 1 is 1.53 bits per heavy atom. The zero-order valence-electron chi connectivity index (χ0n) is 11.8. The van der Waals surface area contributed by atoms with Crippen molar-refractivity contribution in [2.75, 3.05) is 13.6 Å². The molecule has 1 unspecified atom stereocenters. The maximum absolute atomic E-state index is 12.1. The van der Waals surface area contributed by atoms with Crippen LogP contribution in [-0.2, 0) is 16.6 Å². The van der Waals surface area contributed by atoms with E-state index in [4.69, 9.17) is 5.73 Å². The highest BCUT2D eigenvalue weighted by Crippen LogP contribution is 2.11. The lowest BCUT2D eigenvalue weighted by molar-refractivity contribution is -0.136. The molecule has 106 valence electrons. The van der Waals surface area contributed by atoms with E-state index >= 15 is 0 Å². The van der Waals surface area contributed by atoms with Gasteiger partial charge in [-0.25, -0.2) is 0 Å². The minimum Gasteiger partial charge on any atom is -0.352 e. The number of nitrogens with one attached hydrogen (secondary N) is 1. The first-order valence-electron chi connectivity index (χ1n) is 6.09. The molecule has 7 heteroatoms. The molecule has 0 spiro atoms. The van der Waals surface area contributed by atoms with Gasteiger partial charge in [0.2, 0.25) is 11.8 Å². The van der Waals surface area contributed by atoms with Crippen molar-refractivity contribution in [1.29, 1.82) is 0 Å². The number of amides is 2. The lowest BCUT2D eigenvalue weighted by atomic mass is 10.1. The molecule has 0 fully saturated rings. The van der Waals surface area contributed by atoms with Crippen LogP contribution in [0.25, 0.3) is 0 Å². The van der Waals surface area contributed by atoms with E-state index in [1.807, 2.05) is 13.8 Å². The Morgan fingerprint density at radius 2 is 2.16 bits per heavy atom. The molecule has 0 bridgehead atoms. The number of carbonyl (C=O) groups is 2. The molecule has 1 aromatic rings. The number of nitrogens with zero attached hydrogens (tertiary/aromatic N) is 3. The second kappa shape index (κ2) is 6.33. The van der Waals surface area contributed by atoms with Gasteiger partial charge in [0.25, 0.3) is 0 Å². The second-order valence-corrected chi connectivity index (χ2v) is 4.84. The number of hydrogen-bond acceptors (Lipinski definition) is 4. The Balaban J connectivity index is 2.59. The normalized spacial score (nSPS) is 12.3. The van der Waals surface area contributed by atoms with Crippen molar-refractivity contribution in [2.45, 2.75) is 25.9 Å². The van der Waals surface area contributed by atoms with Crippen molar-refractivity contribution in [3.8, 4) is 0 Å². The number of aryl methyl sites for hydroxylation is 1. The first kappa shape index (κ1) is 15.2. The van der Waals surface area contributed by atoms with Gasteiger partial charge in [-0.1, -0.05) is 0 Å². The van der Waals surface area contributed by atoms with Crippen LogP contribution in [0.4, 0.5) is 0 Å². The first-order chi connectivity index (χ1) is 8.81. The Labute approximate surface area is 112 Å². The van der Waals surface area contributed by atoms with Crippen molar-refractivity contribution in [3.63, 3.8) is 0 Å². The molecule has 1 heterocycles. The zero-order valence-corrected chi connectivity index (χ0v) is 11.8. The second-order valence-electron chi connectivity index (χ2n) is 4.84. The van der Waals surface area contributed by atoms with Crippen LogP contribution >= 0.6 is 0 Å². The van der Waals surface area contributed by atoms with Gasteiger partial charge in [0.05, 0.1) is 12.7 Å². The maximum atomic E-state index is 12.1. The summed E-state index contributed by atoms with van der Waals surface area (Å²) in [5.41, 5.74) is 6.48. The summed E-state index contributed by atoms with van der Waals surface area (Å²) in [5, 5.41) is 6.69. The van der Waals surface area contributed by atoms with Gasteiger partial charge in [0.1, 0.15) is 6.04 Å². The number of aromatic nitrogens is 2. The molecule has 1 aromatic heterocycles. The number of rotatable bonds is 5. The fourth-order valence-corrected chi connectivity index (χ4v) is 1.64. The number of hydrogen-bond donors (Lipinski definition) is 2. The van der Waals surface area contributed by atoms with E-state index in [2.05, 4.69) is 10.4 Å². The van der Waals surface area contributed by atoms with Gasteiger partial charge in [-0.3, -0.25) is 14.3 Å². The first-order valence-corrected chi connectivity index (χ1v) is 6.09. The SMILES string of the molecule is CC(C)NC(=O)CN(C)C(=O)C(N)c1cnn(C)c1. The van der Waals surface area contributed by atoms with E-state index in [0.29, 0.717) is 5.56 Å². The average Bonchev–Trinajstić information content (AvgIpc) is 2.72. The molecule has 3 N–H and O–H groups in total. The number of carbonyl (C=O) groups excluding carboxylic acids is 2. The molecular formula is C12H21N5O2. The predicted octanol–water partition coefficient (Wildman–Crippen LogP) is -0.597. The third-order valence-electron chi connectivity index (χ3n) is 2.56. The molecule has 2 amide bonds. The van der Waals surface area contributed by atoms with Gasteiger partial charge in [-0.05, 0) is 13.8 Å². The van der Waals surface area contributed by atoms with Crippen LogP contribution in [0.5, 0.6) is 0 Å². The van der Waals surface area contributed by atoms with Gasteiger partial charge in [-0.2, -0.15) is 5.10 Å². The van der Waals surface area contributed by atoms with E-state index < -0.39 is 6.04 Å². The van der Waals surface area contributed by atoms with Crippen LogP contribution < -0.4 is 11.1 Å². The molecule has 0 radical (unpaired) electrons. The quantitative estimate of drug-likeness (QED) is 0.745. The minimum absolute atomic E-state index is 0.00895. The van der Waals surface area contributed by atoms with Gasteiger partial charge in [0, 0.05) is 31.9 Å². The van der Waals surface area contributed by atoms with Crippen LogP contribution in [0.2, 0.25) is 0 Å².